The molecule has 1 atom stereocenters. The van der Waals surface area contributed by atoms with Gasteiger partial charge in [-0.3, -0.25) is 10.4 Å². The molecule has 1 saturated heterocycles. The minimum atomic E-state index is 0.485. The number of thioether (sulfide) groups is 1. The molecule has 0 saturated carbocycles. The van der Waals surface area contributed by atoms with E-state index in [2.05, 4.69) is 45.8 Å². The van der Waals surface area contributed by atoms with Crippen LogP contribution in [-0.4, -0.2) is 29.8 Å². The molecule has 2 heterocycles. The molecule has 0 aromatic heterocycles. The van der Waals surface area contributed by atoms with E-state index in [9.17, 15) is 0 Å². The van der Waals surface area contributed by atoms with Gasteiger partial charge in [-0.25, -0.2) is 5.01 Å². The van der Waals surface area contributed by atoms with Crippen LogP contribution in [0.4, 0.5) is 0 Å². The summed E-state index contributed by atoms with van der Waals surface area (Å²) in [6.07, 6.45) is 3.96. The maximum absolute atomic E-state index is 4.61. The van der Waals surface area contributed by atoms with E-state index < -0.39 is 0 Å². The molecular weight excluding hydrogens is 242 g/mol. The van der Waals surface area contributed by atoms with Crippen molar-refractivity contribution in [2.24, 2.45) is 4.99 Å². The number of amidine groups is 1. The zero-order valence-electron chi connectivity index (χ0n) is 10.5. The van der Waals surface area contributed by atoms with Gasteiger partial charge in [0.05, 0.1) is 11.8 Å². The van der Waals surface area contributed by atoms with Gasteiger partial charge in [0.1, 0.15) is 0 Å². The molecule has 0 spiro atoms. The lowest BCUT2D eigenvalue weighted by Gasteiger charge is -2.27. The van der Waals surface area contributed by atoms with Gasteiger partial charge in [-0.15, -0.1) is 0 Å². The van der Waals surface area contributed by atoms with Gasteiger partial charge in [-0.1, -0.05) is 48.5 Å². The van der Waals surface area contributed by atoms with E-state index in [0.29, 0.717) is 5.25 Å². The summed E-state index contributed by atoms with van der Waals surface area (Å²) >= 11 is 1.85. The molecule has 0 aliphatic carbocycles. The minimum Gasteiger partial charge on any atom is -0.298 e. The van der Waals surface area contributed by atoms with Crippen LogP contribution in [0.1, 0.15) is 30.1 Å². The van der Waals surface area contributed by atoms with Crippen LogP contribution in [-0.2, 0) is 0 Å². The Hall–Kier alpha value is -1.00. The van der Waals surface area contributed by atoms with Gasteiger partial charge in [0, 0.05) is 13.1 Å². The number of hydrazine groups is 1. The molecule has 1 aromatic rings. The van der Waals surface area contributed by atoms with E-state index in [4.69, 9.17) is 0 Å². The fourth-order valence-electron chi connectivity index (χ4n) is 2.42. The smallest absolute Gasteiger partial charge is 0.171 e. The molecule has 0 radical (unpaired) electrons. The predicted molar refractivity (Wildman–Crippen MR) is 77.6 cm³/mol. The zero-order chi connectivity index (χ0) is 12.2. The highest BCUT2D eigenvalue weighted by Gasteiger charge is 2.22. The number of hydrogen-bond acceptors (Lipinski definition) is 4. The molecular formula is C14H19N3S. The van der Waals surface area contributed by atoms with Crippen LogP contribution in [0.3, 0.4) is 0 Å². The summed E-state index contributed by atoms with van der Waals surface area (Å²) in [7, 11) is 0. The Kier molecular flexibility index (Phi) is 3.86. The molecule has 1 aromatic carbocycles. The molecule has 18 heavy (non-hydrogen) atoms. The fourth-order valence-corrected chi connectivity index (χ4v) is 3.46. The maximum Gasteiger partial charge on any atom is 0.171 e. The quantitative estimate of drug-likeness (QED) is 0.887. The van der Waals surface area contributed by atoms with E-state index in [1.54, 1.807) is 0 Å². The van der Waals surface area contributed by atoms with Crippen molar-refractivity contribution in [1.29, 1.82) is 0 Å². The molecule has 0 bridgehead atoms. The second kappa shape index (κ2) is 5.76. The van der Waals surface area contributed by atoms with Crippen molar-refractivity contribution in [3.8, 4) is 0 Å². The van der Waals surface area contributed by atoms with Crippen molar-refractivity contribution >= 4 is 16.9 Å². The predicted octanol–water partition coefficient (Wildman–Crippen LogP) is 2.82. The standard InChI is InChI=1S/C14H19N3S/c1-3-7-12(8-4-1)13-11-15-14(18-13)16-17-9-5-2-6-10-17/h1,3-4,7-8,13H,2,5-6,9-11H2,(H,15,16). The van der Waals surface area contributed by atoms with Crippen LogP contribution in [0, 0.1) is 0 Å². The van der Waals surface area contributed by atoms with Crippen molar-refractivity contribution < 1.29 is 0 Å². The number of rotatable bonds is 2. The van der Waals surface area contributed by atoms with Crippen molar-refractivity contribution in [2.45, 2.75) is 24.5 Å². The van der Waals surface area contributed by atoms with E-state index in [1.165, 1.54) is 24.8 Å². The molecule has 96 valence electrons. The summed E-state index contributed by atoms with van der Waals surface area (Å²) < 4.78 is 0. The Labute approximate surface area is 113 Å². The van der Waals surface area contributed by atoms with Crippen LogP contribution >= 0.6 is 11.8 Å². The SMILES string of the molecule is c1ccc(C2CN=C(NN3CCCCC3)S2)cc1. The second-order valence-corrected chi connectivity index (χ2v) is 6.01. The lowest BCUT2D eigenvalue weighted by Crippen LogP contribution is -2.43. The fraction of sp³-hybridized carbons (Fsp3) is 0.500. The number of benzene rings is 1. The summed E-state index contributed by atoms with van der Waals surface area (Å²) in [6, 6.07) is 10.7. The zero-order valence-corrected chi connectivity index (χ0v) is 11.3. The van der Waals surface area contributed by atoms with E-state index >= 15 is 0 Å². The maximum atomic E-state index is 4.61. The summed E-state index contributed by atoms with van der Waals surface area (Å²) in [5, 5.41) is 3.88. The number of hydrogen-bond donors (Lipinski definition) is 1. The van der Waals surface area contributed by atoms with Crippen molar-refractivity contribution in [2.75, 3.05) is 19.6 Å². The Morgan fingerprint density at radius 2 is 1.89 bits per heavy atom. The first-order chi connectivity index (χ1) is 8.92. The Morgan fingerprint density at radius 3 is 2.67 bits per heavy atom. The molecule has 4 heteroatoms. The average molecular weight is 261 g/mol. The molecule has 2 aliphatic rings. The summed E-state index contributed by atoms with van der Waals surface area (Å²) in [4.78, 5) is 4.61. The van der Waals surface area contributed by atoms with Crippen LogP contribution in [0.15, 0.2) is 35.3 Å². The first-order valence-electron chi connectivity index (χ1n) is 6.69. The highest BCUT2D eigenvalue weighted by molar-refractivity contribution is 8.14. The Bertz CT molecular complexity index is 412. The van der Waals surface area contributed by atoms with Crippen LogP contribution < -0.4 is 5.43 Å². The normalized spacial score (nSPS) is 24.9. The van der Waals surface area contributed by atoms with Crippen LogP contribution in [0.5, 0.6) is 0 Å². The number of aliphatic imine (C=N–C) groups is 1. The summed E-state index contributed by atoms with van der Waals surface area (Å²) in [6.45, 7) is 3.19. The third kappa shape index (κ3) is 2.87. The van der Waals surface area contributed by atoms with Gasteiger partial charge in [-0.2, -0.15) is 0 Å². The number of nitrogens with one attached hydrogen (secondary N) is 1. The topological polar surface area (TPSA) is 27.6 Å². The second-order valence-electron chi connectivity index (χ2n) is 4.82. The monoisotopic (exact) mass is 261 g/mol. The summed E-state index contributed by atoms with van der Waals surface area (Å²) in [5.74, 6) is 0. The lowest BCUT2D eigenvalue weighted by atomic mass is 10.1. The highest BCUT2D eigenvalue weighted by Crippen LogP contribution is 2.34. The van der Waals surface area contributed by atoms with Gasteiger partial charge in [0.25, 0.3) is 0 Å². The van der Waals surface area contributed by atoms with E-state index in [1.807, 2.05) is 11.8 Å². The van der Waals surface area contributed by atoms with Gasteiger partial charge in [0.15, 0.2) is 5.17 Å². The number of piperidine rings is 1. The lowest BCUT2D eigenvalue weighted by molar-refractivity contribution is 0.196. The molecule has 3 rings (SSSR count). The molecule has 1 fully saturated rings. The first kappa shape index (κ1) is 12.1. The van der Waals surface area contributed by atoms with Crippen molar-refractivity contribution in [3.63, 3.8) is 0 Å². The molecule has 0 amide bonds. The first-order valence-corrected chi connectivity index (χ1v) is 7.57. The highest BCUT2D eigenvalue weighted by atomic mass is 32.2. The summed E-state index contributed by atoms with van der Waals surface area (Å²) in [5.41, 5.74) is 4.84. The van der Waals surface area contributed by atoms with Crippen molar-refractivity contribution in [3.05, 3.63) is 35.9 Å². The van der Waals surface area contributed by atoms with E-state index in [-0.39, 0.29) is 0 Å². The Morgan fingerprint density at radius 1 is 1.11 bits per heavy atom. The van der Waals surface area contributed by atoms with Gasteiger partial charge < -0.3 is 0 Å². The Balaban J connectivity index is 1.54. The minimum absolute atomic E-state index is 0.485. The van der Waals surface area contributed by atoms with Gasteiger partial charge in [-0.05, 0) is 18.4 Å². The largest absolute Gasteiger partial charge is 0.298 e. The molecule has 1 N–H and O–H groups in total. The van der Waals surface area contributed by atoms with E-state index in [0.717, 1.165) is 24.8 Å². The van der Waals surface area contributed by atoms with Crippen molar-refractivity contribution in [1.82, 2.24) is 10.4 Å². The molecule has 2 aliphatic heterocycles. The molecule has 3 nitrogen and oxygen atoms in total. The average Bonchev–Trinajstić information content (AvgIpc) is 2.89. The van der Waals surface area contributed by atoms with Crippen LogP contribution in [0.2, 0.25) is 0 Å². The third-order valence-corrected chi connectivity index (χ3v) is 4.59. The molecule has 1 unspecified atom stereocenters. The third-order valence-electron chi connectivity index (χ3n) is 3.44. The number of nitrogens with zero attached hydrogens (tertiary/aromatic N) is 2. The van der Waals surface area contributed by atoms with Gasteiger partial charge in [0.2, 0.25) is 0 Å². The van der Waals surface area contributed by atoms with Gasteiger partial charge >= 0.3 is 0 Å². The van der Waals surface area contributed by atoms with Crippen LogP contribution in [0.25, 0.3) is 0 Å².